The zero-order valence-electron chi connectivity index (χ0n) is 7.94. The molecule has 1 aliphatic rings. The third kappa shape index (κ3) is 2.20. The molecule has 1 aromatic rings. The first-order valence-electron chi connectivity index (χ1n) is 4.87. The van der Waals surface area contributed by atoms with Gasteiger partial charge in [-0.1, -0.05) is 0 Å². The molecule has 1 fully saturated rings. The molecule has 1 aliphatic heterocycles. The highest BCUT2D eigenvalue weighted by atomic mass is 16.5. The number of nitrogens with zero attached hydrogens (tertiary/aromatic N) is 1. The van der Waals surface area contributed by atoms with E-state index >= 15 is 0 Å². The van der Waals surface area contributed by atoms with E-state index in [1.807, 2.05) is 0 Å². The van der Waals surface area contributed by atoms with Gasteiger partial charge in [-0.15, -0.1) is 0 Å². The van der Waals surface area contributed by atoms with Gasteiger partial charge in [0.2, 0.25) is 0 Å². The van der Waals surface area contributed by atoms with Crippen molar-refractivity contribution in [3.63, 3.8) is 0 Å². The van der Waals surface area contributed by atoms with Crippen molar-refractivity contribution in [2.45, 2.75) is 31.8 Å². The van der Waals surface area contributed by atoms with Gasteiger partial charge in [0.25, 0.3) is 0 Å². The number of rotatable bonds is 4. The lowest BCUT2D eigenvalue weighted by molar-refractivity contribution is -0.107. The molecule has 0 N–H and O–H groups in total. The van der Waals surface area contributed by atoms with Crippen LogP contribution >= 0.6 is 0 Å². The lowest BCUT2D eigenvalue weighted by Crippen LogP contribution is -2.08. The lowest BCUT2D eigenvalue weighted by atomic mass is 10.2. The van der Waals surface area contributed by atoms with Gasteiger partial charge in [0.05, 0.1) is 25.1 Å². The van der Waals surface area contributed by atoms with Crippen molar-refractivity contribution in [2.24, 2.45) is 0 Å². The molecule has 0 aromatic carbocycles. The molecule has 4 nitrogen and oxygen atoms in total. The number of oxazole rings is 1. The zero-order valence-corrected chi connectivity index (χ0v) is 7.94. The van der Waals surface area contributed by atoms with Gasteiger partial charge in [0.15, 0.2) is 5.89 Å². The Bertz CT molecular complexity index is 302. The topological polar surface area (TPSA) is 52.3 Å². The van der Waals surface area contributed by atoms with E-state index in [1.165, 1.54) is 0 Å². The fraction of sp³-hybridized carbons (Fsp3) is 0.600. The standard InChI is InChI=1S/C10H13NO3/c12-4-3-9-7-11-10(14-9)6-8-2-1-5-13-8/h4,7-8H,1-3,5-6H2. The summed E-state index contributed by atoms with van der Waals surface area (Å²) in [6.07, 6.45) is 5.89. The summed E-state index contributed by atoms with van der Waals surface area (Å²) < 4.78 is 10.8. The van der Waals surface area contributed by atoms with Gasteiger partial charge in [-0.3, -0.25) is 0 Å². The van der Waals surface area contributed by atoms with E-state index < -0.39 is 0 Å². The van der Waals surface area contributed by atoms with Crippen LogP contribution < -0.4 is 0 Å². The Labute approximate surface area is 82.3 Å². The summed E-state index contributed by atoms with van der Waals surface area (Å²) in [7, 11) is 0. The van der Waals surface area contributed by atoms with Gasteiger partial charge in [-0.2, -0.15) is 0 Å². The number of aromatic nitrogens is 1. The third-order valence-electron chi connectivity index (χ3n) is 2.31. The molecule has 14 heavy (non-hydrogen) atoms. The van der Waals surface area contributed by atoms with E-state index in [-0.39, 0.29) is 6.10 Å². The smallest absolute Gasteiger partial charge is 0.196 e. The fourth-order valence-corrected chi connectivity index (χ4v) is 1.62. The van der Waals surface area contributed by atoms with Crippen molar-refractivity contribution < 1.29 is 13.9 Å². The van der Waals surface area contributed by atoms with Gasteiger partial charge >= 0.3 is 0 Å². The van der Waals surface area contributed by atoms with Crippen LogP contribution in [0.15, 0.2) is 10.6 Å². The van der Waals surface area contributed by atoms with Gasteiger partial charge in [-0.25, -0.2) is 4.98 Å². The van der Waals surface area contributed by atoms with Crippen LogP contribution in [0.1, 0.15) is 24.5 Å². The van der Waals surface area contributed by atoms with E-state index in [1.54, 1.807) is 6.20 Å². The summed E-state index contributed by atoms with van der Waals surface area (Å²) >= 11 is 0. The van der Waals surface area contributed by atoms with E-state index in [4.69, 9.17) is 9.15 Å². The second-order valence-electron chi connectivity index (χ2n) is 3.43. The summed E-state index contributed by atoms with van der Waals surface area (Å²) in [6.45, 7) is 0.840. The van der Waals surface area contributed by atoms with Crippen molar-refractivity contribution in [3.8, 4) is 0 Å². The molecule has 0 saturated carbocycles. The summed E-state index contributed by atoms with van der Waals surface area (Å²) in [4.78, 5) is 14.3. The van der Waals surface area contributed by atoms with Crippen molar-refractivity contribution in [1.82, 2.24) is 4.98 Å². The molecule has 76 valence electrons. The molecular weight excluding hydrogens is 182 g/mol. The Kier molecular flexibility index (Phi) is 2.93. The Morgan fingerprint density at radius 2 is 2.57 bits per heavy atom. The Morgan fingerprint density at radius 3 is 3.29 bits per heavy atom. The molecule has 1 unspecified atom stereocenters. The van der Waals surface area contributed by atoms with Crippen LogP contribution in [0.5, 0.6) is 0 Å². The van der Waals surface area contributed by atoms with E-state index in [0.29, 0.717) is 18.1 Å². The molecule has 0 radical (unpaired) electrons. The molecule has 4 heteroatoms. The molecule has 0 spiro atoms. The highest BCUT2D eigenvalue weighted by Crippen LogP contribution is 2.17. The predicted molar refractivity (Wildman–Crippen MR) is 48.9 cm³/mol. The number of carbonyl (C=O) groups excluding carboxylic acids is 1. The molecule has 0 amide bonds. The Hall–Kier alpha value is -1.16. The summed E-state index contributed by atoms with van der Waals surface area (Å²) in [5.41, 5.74) is 0. The quantitative estimate of drug-likeness (QED) is 0.676. The molecule has 2 heterocycles. The molecule has 2 rings (SSSR count). The van der Waals surface area contributed by atoms with Crippen LogP contribution in [0.25, 0.3) is 0 Å². The predicted octanol–water partition coefficient (Wildman–Crippen LogP) is 1.14. The van der Waals surface area contributed by atoms with Crippen LogP contribution in [-0.2, 0) is 22.4 Å². The maximum Gasteiger partial charge on any atom is 0.196 e. The fourth-order valence-electron chi connectivity index (χ4n) is 1.62. The molecule has 1 aromatic heterocycles. The normalized spacial score (nSPS) is 21.3. The maximum atomic E-state index is 10.2. The molecule has 1 atom stereocenters. The van der Waals surface area contributed by atoms with Crippen LogP contribution in [0.4, 0.5) is 0 Å². The van der Waals surface area contributed by atoms with Crippen molar-refractivity contribution >= 4 is 6.29 Å². The van der Waals surface area contributed by atoms with Crippen molar-refractivity contribution in [2.75, 3.05) is 6.61 Å². The van der Waals surface area contributed by atoms with Gasteiger partial charge < -0.3 is 13.9 Å². The third-order valence-corrected chi connectivity index (χ3v) is 2.31. The monoisotopic (exact) mass is 195 g/mol. The second-order valence-corrected chi connectivity index (χ2v) is 3.43. The number of ether oxygens (including phenoxy) is 1. The average Bonchev–Trinajstić information content (AvgIpc) is 2.79. The first kappa shape index (κ1) is 9.40. The number of carbonyl (C=O) groups is 1. The van der Waals surface area contributed by atoms with E-state index in [9.17, 15) is 4.79 Å². The first-order chi connectivity index (χ1) is 6.88. The highest BCUT2D eigenvalue weighted by molar-refractivity contribution is 5.52. The number of hydrogen-bond donors (Lipinski definition) is 0. The number of aldehydes is 1. The minimum absolute atomic E-state index is 0.248. The van der Waals surface area contributed by atoms with Crippen molar-refractivity contribution in [1.29, 1.82) is 0 Å². The van der Waals surface area contributed by atoms with Crippen molar-refractivity contribution in [3.05, 3.63) is 17.8 Å². The minimum atomic E-state index is 0.248. The van der Waals surface area contributed by atoms with E-state index in [0.717, 1.165) is 32.2 Å². The van der Waals surface area contributed by atoms with Gasteiger partial charge in [0.1, 0.15) is 12.0 Å². The lowest BCUT2D eigenvalue weighted by Gasteiger charge is -2.04. The molecular formula is C10H13NO3. The van der Waals surface area contributed by atoms with Crippen LogP contribution in [0.3, 0.4) is 0 Å². The van der Waals surface area contributed by atoms with E-state index in [2.05, 4.69) is 4.98 Å². The maximum absolute atomic E-state index is 10.2. The Balaban J connectivity index is 1.91. The first-order valence-corrected chi connectivity index (χ1v) is 4.87. The minimum Gasteiger partial charge on any atom is -0.445 e. The summed E-state index contributed by atoms with van der Waals surface area (Å²) in [6, 6.07) is 0. The van der Waals surface area contributed by atoms with Gasteiger partial charge in [-0.05, 0) is 12.8 Å². The number of hydrogen-bond acceptors (Lipinski definition) is 4. The van der Waals surface area contributed by atoms with Gasteiger partial charge in [0, 0.05) is 6.61 Å². The largest absolute Gasteiger partial charge is 0.445 e. The molecule has 0 bridgehead atoms. The zero-order chi connectivity index (χ0) is 9.80. The highest BCUT2D eigenvalue weighted by Gasteiger charge is 2.18. The average molecular weight is 195 g/mol. The summed E-state index contributed by atoms with van der Waals surface area (Å²) in [5, 5.41) is 0. The Morgan fingerprint density at radius 1 is 1.64 bits per heavy atom. The molecule has 0 aliphatic carbocycles. The van der Waals surface area contributed by atoms with Crippen LogP contribution in [0, 0.1) is 0 Å². The molecule has 1 saturated heterocycles. The van der Waals surface area contributed by atoms with Crippen LogP contribution in [-0.4, -0.2) is 24.0 Å². The SMILES string of the molecule is O=CCc1cnc(CC2CCCO2)o1. The summed E-state index contributed by atoms with van der Waals surface area (Å²) in [5.74, 6) is 1.31. The second kappa shape index (κ2) is 4.37. The van der Waals surface area contributed by atoms with Crippen LogP contribution in [0.2, 0.25) is 0 Å².